The van der Waals surface area contributed by atoms with Crippen LogP contribution in [0.3, 0.4) is 0 Å². The van der Waals surface area contributed by atoms with E-state index in [-0.39, 0.29) is 11.7 Å². The molecule has 0 aliphatic rings. The van der Waals surface area contributed by atoms with Gasteiger partial charge >= 0.3 is 11.9 Å². The summed E-state index contributed by atoms with van der Waals surface area (Å²) in [5, 5.41) is 0. The molecule has 0 saturated heterocycles. The minimum absolute atomic E-state index is 0.278. The van der Waals surface area contributed by atoms with Crippen molar-refractivity contribution in [3.8, 4) is 11.5 Å². The lowest BCUT2D eigenvalue weighted by Gasteiger charge is -2.11. The van der Waals surface area contributed by atoms with E-state index in [9.17, 15) is 9.59 Å². The van der Waals surface area contributed by atoms with E-state index in [1.165, 1.54) is 19.8 Å². The number of hydrogen-bond donors (Lipinski definition) is 0. The number of benzene rings is 1. The van der Waals surface area contributed by atoms with Crippen LogP contribution in [0.4, 0.5) is 0 Å². The molecule has 0 unspecified atom stereocenters. The molecule has 0 fully saturated rings. The highest BCUT2D eigenvalue weighted by molar-refractivity contribution is 5.75. The molecule has 0 bridgehead atoms. The van der Waals surface area contributed by atoms with E-state index in [4.69, 9.17) is 9.47 Å². The largest absolute Gasteiger partial charge is 0.423 e. The third-order valence-electron chi connectivity index (χ3n) is 3.72. The number of ether oxygens (including phenoxy) is 2. The fourth-order valence-electron chi connectivity index (χ4n) is 2.35. The zero-order valence-electron chi connectivity index (χ0n) is 13.8. The van der Waals surface area contributed by atoms with Gasteiger partial charge in [-0.25, -0.2) is 0 Å². The molecule has 1 aromatic rings. The molecule has 0 aliphatic heterocycles. The third-order valence-corrected chi connectivity index (χ3v) is 3.72. The number of carbonyl (C=O) groups is 2. The standard InChI is InChI=1S/C18H26O4/c1-4-15(5-2)10-6-9-13-18(20)22-17-12-8-7-11-16(17)21-14(3)19/h7-8,11-12,15H,4-6,9-10,13H2,1-3H3. The molecule has 0 spiro atoms. The van der Waals surface area contributed by atoms with E-state index < -0.39 is 5.97 Å². The van der Waals surface area contributed by atoms with Gasteiger partial charge in [0.1, 0.15) is 0 Å². The van der Waals surface area contributed by atoms with Gasteiger partial charge in [0.15, 0.2) is 11.5 Å². The Morgan fingerprint density at radius 3 is 2.14 bits per heavy atom. The number of unbranched alkanes of at least 4 members (excludes halogenated alkanes) is 1. The highest BCUT2D eigenvalue weighted by atomic mass is 16.6. The first-order valence-electron chi connectivity index (χ1n) is 8.04. The minimum Gasteiger partial charge on any atom is -0.423 e. The summed E-state index contributed by atoms with van der Waals surface area (Å²) in [6, 6.07) is 6.70. The third kappa shape index (κ3) is 6.74. The fourth-order valence-corrected chi connectivity index (χ4v) is 2.35. The first-order valence-corrected chi connectivity index (χ1v) is 8.04. The summed E-state index contributed by atoms with van der Waals surface area (Å²) in [6.07, 6.45) is 5.78. The summed E-state index contributed by atoms with van der Waals surface area (Å²) >= 11 is 0. The smallest absolute Gasteiger partial charge is 0.311 e. The average molecular weight is 306 g/mol. The van der Waals surface area contributed by atoms with Crippen molar-refractivity contribution in [1.29, 1.82) is 0 Å². The van der Waals surface area contributed by atoms with E-state index >= 15 is 0 Å². The number of para-hydroxylation sites is 2. The van der Waals surface area contributed by atoms with E-state index in [0.717, 1.165) is 25.2 Å². The molecule has 0 amide bonds. The van der Waals surface area contributed by atoms with Gasteiger partial charge in [0.2, 0.25) is 0 Å². The summed E-state index contributed by atoms with van der Waals surface area (Å²) in [7, 11) is 0. The van der Waals surface area contributed by atoms with Crippen molar-refractivity contribution in [2.75, 3.05) is 0 Å². The quantitative estimate of drug-likeness (QED) is 0.382. The van der Waals surface area contributed by atoms with E-state index in [1.807, 2.05) is 0 Å². The van der Waals surface area contributed by atoms with Crippen molar-refractivity contribution in [3.63, 3.8) is 0 Å². The molecule has 0 radical (unpaired) electrons. The Labute approximate surface area is 132 Å². The van der Waals surface area contributed by atoms with Crippen molar-refractivity contribution in [2.24, 2.45) is 5.92 Å². The van der Waals surface area contributed by atoms with Crippen LogP contribution in [0.25, 0.3) is 0 Å². The van der Waals surface area contributed by atoms with Gasteiger partial charge in [0, 0.05) is 13.3 Å². The van der Waals surface area contributed by atoms with Crippen LogP contribution in [0.5, 0.6) is 11.5 Å². The lowest BCUT2D eigenvalue weighted by molar-refractivity contribution is -0.136. The fraction of sp³-hybridized carbons (Fsp3) is 0.556. The van der Waals surface area contributed by atoms with Gasteiger partial charge in [-0.1, -0.05) is 51.7 Å². The predicted molar refractivity (Wildman–Crippen MR) is 85.9 cm³/mol. The van der Waals surface area contributed by atoms with Gasteiger partial charge in [-0.15, -0.1) is 0 Å². The average Bonchev–Trinajstić information content (AvgIpc) is 2.49. The maximum absolute atomic E-state index is 11.9. The molecule has 22 heavy (non-hydrogen) atoms. The van der Waals surface area contributed by atoms with Crippen molar-refractivity contribution in [2.45, 2.75) is 59.3 Å². The summed E-state index contributed by atoms with van der Waals surface area (Å²) in [5.74, 6) is 0.599. The van der Waals surface area contributed by atoms with Crippen molar-refractivity contribution in [1.82, 2.24) is 0 Å². The molecule has 0 aliphatic carbocycles. The molecule has 4 heteroatoms. The van der Waals surface area contributed by atoms with Crippen molar-refractivity contribution < 1.29 is 19.1 Å². The molecule has 0 N–H and O–H groups in total. The van der Waals surface area contributed by atoms with Crippen LogP contribution >= 0.6 is 0 Å². The van der Waals surface area contributed by atoms with Crippen LogP contribution < -0.4 is 9.47 Å². The molecule has 0 atom stereocenters. The highest BCUT2D eigenvalue weighted by Crippen LogP contribution is 2.27. The van der Waals surface area contributed by atoms with Crippen molar-refractivity contribution >= 4 is 11.9 Å². The lowest BCUT2D eigenvalue weighted by Crippen LogP contribution is -2.10. The first kappa shape index (κ1) is 18.2. The monoisotopic (exact) mass is 306 g/mol. The molecule has 0 saturated carbocycles. The SMILES string of the molecule is CCC(CC)CCCCC(=O)Oc1ccccc1OC(C)=O. The molecule has 4 nitrogen and oxygen atoms in total. The summed E-state index contributed by atoms with van der Waals surface area (Å²) < 4.78 is 10.3. The molecule has 0 aromatic heterocycles. The number of carbonyl (C=O) groups excluding carboxylic acids is 2. The summed E-state index contributed by atoms with van der Waals surface area (Å²) in [6.45, 7) is 5.72. The Morgan fingerprint density at radius 2 is 1.59 bits per heavy atom. The Bertz CT molecular complexity index is 478. The molecule has 1 rings (SSSR count). The van der Waals surface area contributed by atoms with E-state index in [0.29, 0.717) is 12.2 Å². The van der Waals surface area contributed by atoms with Crippen LogP contribution in [0.15, 0.2) is 24.3 Å². The van der Waals surface area contributed by atoms with Crippen LogP contribution in [-0.4, -0.2) is 11.9 Å². The van der Waals surface area contributed by atoms with Gasteiger partial charge in [0.25, 0.3) is 0 Å². The van der Waals surface area contributed by atoms with Crippen LogP contribution in [-0.2, 0) is 9.59 Å². The van der Waals surface area contributed by atoms with Gasteiger partial charge in [-0.2, -0.15) is 0 Å². The van der Waals surface area contributed by atoms with Gasteiger partial charge in [-0.05, 0) is 24.5 Å². The van der Waals surface area contributed by atoms with Gasteiger partial charge in [0.05, 0.1) is 0 Å². The first-order chi connectivity index (χ1) is 10.6. The minimum atomic E-state index is -0.436. The summed E-state index contributed by atoms with van der Waals surface area (Å²) in [4.78, 5) is 22.9. The number of hydrogen-bond acceptors (Lipinski definition) is 4. The molecular weight excluding hydrogens is 280 g/mol. The van der Waals surface area contributed by atoms with Crippen LogP contribution in [0, 0.1) is 5.92 Å². The Hall–Kier alpha value is -1.84. The number of esters is 2. The summed E-state index contributed by atoms with van der Waals surface area (Å²) in [5.41, 5.74) is 0. The second-order valence-corrected chi connectivity index (χ2v) is 5.44. The maximum Gasteiger partial charge on any atom is 0.311 e. The van der Waals surface area contributed by atoms with Crippen LogP contribution in [0.1, 0.15) is 59.3 Å². The van der Waals surface area contributed by atoms with E-state index in [1.54, 1.807) is 24.3 Å². The van der Waals surface area contributed by atoms with Crippen LogP contribution in [0.2, 0.25) is 0 Å². The Balaban J connectivity index is 2.40. The zero-order chi connectivity index (χ0) is 16.4. The zero-order valence-corrected chi connectivity index (χ0v) is 13.8. The predicted octanol–water partition coefficient (Wildman–Crippen LogP) is 4.51. The molecule has 122 valence electrons. The lowest BCUT2D eigenvalue weighted by atomic mass is 9.96. The van der Waals surface area contributed by atoms with Gasteiger partial charge < -0.3 is 9.47 Å². The van der Waals surface area contributed by atoms with Gasteiger partial charge in [-0.3, -0.25) is 9.59 Å². The molecule has 1 aromatic carbocycles. The maximum atomic E-state index is 11.9. The second kappa shape index (κ2) is 9.98. The van der Waals surface area contributed by atoms with Crippen molar-refractivity contribution in [3.05, 3.63) is 24.3 Å². The highest BCUT2D eigenvalue weighted by Gasteiger charge is 2.11. The Kier molecular flexibility index (Phi) is 8.26. The molecule has 0 heterocycles. The normalized spacial score (nSPS) is 10.5. The number of rotatable bonds is 9. The topological polar surface area (TPSA) is 52.6 Å². The molecular formula is C18H26O4. The second-order valence-electron chi connectivity index (χ2n) is 5.44. The van der Waals surface area contributed by atoms with E-state index in [2.05, 4.69) is 13.8 Å². The Morgan fingerprint density at radius 1 is 1.00 bits per heavy atom.